The van der Waals surface area contributed by atoms with Crippen molar-refractivity contribution >= 4 is 11.8 Å². The van der Waals surface area contributed by atoms with Gasteiger partial charge in [-0.15, -0.1) is 0 Å². The smallest absolute Gasteiger partial charge is 0.0671 e. The third kappa shape index (κ3) is 3.84. The lowest BCUT2D eigenvalue weighted by Gasteiger charge is -2.15. The van der Waals surface area contributed by atoms with Crippen LogP contribution in [0.5, 0.6) is 0 Å². The number of aryl methyl sites for hydroxylation is 3. The van der Waals surface area contributed by atoms with E-state index in [4.69, 9.17) is 0 Å². The second-order valence-corrected chi connectivity index (χ2v) is 5.71. The van der Waals surface area contributed by atoms with Crippen LogP contribution in [0.15, 0.2) is 12.1 Å². The molecule has 1 aromatic rings. The molecule has 1 atom stereocenters. The minimum absolute atomic E-state index is 0.218. The lowest BCUT2D eigenvalue weighted by molar-refractivity contribution is 0.199. The minimum Gasteiger partial charge on any atom is -0.392 e. The van der Waals surface area contributed by atoms with Crippen molar-refractivity contribution in [1.82, 2.24) is 0 Å². The molecule has 0 saturated carbocycles. The summed E-state index contributed by atoms with van der Waals surface area (Å²) in [6, 6.07) is 4.39. The number of aliphatic hydroxyl groups excluding tert-OH is 1. The number of thioether (sulfide) groups is 1. The van der Waals surface area contributed by atoms with E-state index in [1.807, 2.05) is 0 Å². The van der Waals surface area contributed by atoms with E-state index in [0.29, 0.717) is 0 Å². The van der Waals surface area contributed by atoms with Crippen molar-refractivity contribution in [3.05, 3.63) is 34.4 Å². The summed E-state index contributed by atoms with van der Waals surface area (Å²) in [6.45, 7) is 8.51. The summed E-state index contributed by atoms with van der Waals surface area (Å²) in [6.07, 6.45) is 0.565. The predicted octanol–water partition coefficient (Wildman–Crippen LogP) is 3.27. The van der Waals surface area contributed by atoms with Crippen molar-refractivity contribution in [1.29, 1.82) is 0 Å². The van der Waals surface area contributed by atoms with Crippen molar-refractivity contribution in [2.75, 3.05) is 11.5 Å². The number of rotatable bonds is 5. The van der Waals surface area contributed by atoms with Crippen LogP contribution in [0.1, 0.15) is 29.2 Å². The summed E-state index contributed by atoms with van der Waals surface area (Å²) in [4.78, 5) is 0. The SMILES string of the molecule is CCSCC(O)Cc1c(C)cc(C)cc1C. The lowest BCUT2D eigenvalue weighted by Crippen LogP contribution is -2.15. The van der Waals surface area contributed by atoms with Crippen LogP contribution in [0.4, 0.5) is 0 Å². The highest BCUT2D eigenvalue weighted by molar-refractivity contribution is 7.99. The van der Waals surface area contributed by atoms with Gasteiger partial charge in [-0.05, 0) is 49.6 Å². The highest BCUT2D eigenvalue weighted by Gasteiger charge is 2.10. The van der Waals surface area contributed by atoms with Crippen LogP contribution in [0, 0.1) is 20.8 Å². The van der Waals surface area contributed by atoms with E-state index in [1.165, 1.54) is 22.3 Å². The summed E-state index contributed by atoms with van der Waals surface area (Å²) in [5, 5.41) is 9.93. The maximum atomic E-state index is 9.93. The Morgan fingerprint density at radius 2 is 1.75 bits per heavy atom. The van der Waals surface area contributed by atoms with Crippen molar-refractivity contribution in [2.45, 2.75) is 40.2 Å². The van der Waals surface area contributed by atoms with Gasteiger partial charge in [0, 0.05) is 5.75 Å². The first-order chi connectivity index (χ1) is 7.54. The number of aliphatic hydroxyl groups is 1. The molecule has 2 heteroatoms. The second-order valence-electron chi connectivity index (χ2n) is 4.39. The molecule has 0 aliphatic rings. The zero-order chi connectivity index (χ0) is 12.1. The van der Waals surface area contributed by atoms with Crippen LogP contribution in [-0.2, 0) is 6.42 Å². The molecule has 1 rings (SSSR count). The Morgan fingerprint density at radius 3 is 2.25 bits per heavy atom. The largest absolute Gasteiger partial charge is 0.392 e. The highest BCUT2D eigenvalue weighted by Crippen LogP contribution is 2.19. The fraction of sp³-hybridized carbons (Fsp3) is 0.571. The first kappa shape index (κ1) is 13.6. The molecule has 0 heterocycles. The van der Waals surface area contributed by atoms with Gasteiger partial charge in [-0.25, -0.2) is 0 Å². The zero-order valence-electron chi connectivity index (χ0n) is 10.7. The van der Waals surface area contributed by atoms with Crippen molar-refractivity contribution in [2.24, 2.45) is 0 Å². The second kappa shape index (κ2) is 6.31. The highest BCUT2D eigenvalue weighted by atomic mass is 32.2. The van der Waals surface area contributed by atoms with E-state index in [-0.39, 0.29) is 6.10 Å². The Labute approximate surface area is 103 Å². The first-order valence-electron chi connectivity index (χ1n) is 5.87. The van der Waals surface area contributed by atoms with Crippen LogP contribution in [0.2, 0.25) is 0 Å². The molecule has 1 aromatic carbocycles. The van der Waals surface area contributed by atoms with E-state index in [9.17, 15) is 5.11 Å². The molecule has 1 N–H and O–H groups in total. The van der Waals surface area contributed by atoms with Gasteiger partial charge in [0.25, 0.3) is 0 Å². The molecule has 0 bridgehead atoms. The Balaban J connectivity index is 2.73. The van der Waals surface area contributed by atoms with Gasteiger partial charge in [0.05, 0.1) is 6.10 Å². The molecule has 0 aromatic heterocycles. The van der Waals surface area contributed by atoms with Crippen LogP contribution < -0.4 is 0 Å². The molecule has 90 valence electrons. The third-order valence-electron chi connectivity index (χ3n) is 2.79. The Morgan fingerprint density at radius 1 is 1.19 bits per heavy atom. The Bertz CT molecular complexity index is 324. The molecule has 1 unspecified atom stereocenters. The molecule has 0 saturated heterocycles. The van der Waals surface area contributed by atoms with Gasteiger partial charge in [-0.3, -0.25) is 0 Å². The Kier molecular flexibility index (Phi) is 5.36. The number of hydrogen-bond donors (Lipinski definition) is 1. The molecular weight excluding hydrogens is 216 g/mol. The van der Waals surface area contributed by atoms with Gasteiger partial charge >= 0.3 is 0 Å². The molecule has 16 heavy (non-hydrogen) atoms. The maximum Gasteiger partial charge on any atom is 0.0671 e. The van der Waals surface area contributed by atoms with Crippen molar-refractivity contribution in [3.63, 3.8) is 0 Å². The van der Waals surface area contributed by atoms with Gasteiger partial charge in [0.1, 0.15) is 0 Å². The van der Waals surface area contributed by atoms with E-state index >= 15 is 0 Å². The van der Waals surface area contributed by atoms with Crippen LogP contribution in [0.25, 0.3) is 0 Å². The topological polar surface area (TPSA) is 20.2 Å². The van der Waals surface area contributed by atoms with Crippen LogP contribution in [-0.4, -0.2) is 22.7 Å². The summed E-state index contributed by atoms with van der Waals surface area (Å²) >= 11 is 1.80. The van der Waals surface area contributed by atoms with Crippen LogP contribution in [0.3, 0.4) is 0 Å². The molecule has 0 aliphatic heterocycles. The number of hydrogen-bond acceptors (Lipinski definition) is 2. The van der Waals surface area contributed by atoms with Crippen LogP contribution >= 0.6 is 11.8 Å². The van der Waals surface area contributed by atoms with Gasteiger partial charge in [0.15, 0.2) is 0 Å². The average molecular weight is 238 g/mol. The molecular formula is C14H22OS. The molecule has 0 amide bonds. The normalized spacial score (nSPS) is 12.8. The number of benzene rings is 1. The third-order valence-corrected chi connectivity index (χ3v) is 3.82. The van der Waals surface area contributed by atoms with E-state index in [2.05, 4.69) is 39.8 Å². The summed E-state index contributed by atoms with van der Waals surface area (Å²) in [5.41, 5.74) is 5.22. The zero-order valence-corrected chi connectivity index (χ0v) is 11.5. The summed E-state index contributed by atoms with van der Waals surface area (Å²) < 4.78 is 0. The molecule has 0 radical (unpaired) electrons. The first-order valence-corrected chi connectivity index (χ1v) is 7.02. The van der Waals surface area contributed by atoms with E-state index < -0.39 is 0 Å². The van der Waals surface area contributed by atoms with Gasteiger partial charge in [-0.1, -0.05) is 24.6 Å². The van der Waals surface area contributed by atoms with Gasteiger partial charge in [-0.2, -0.15) is 11.8 Å². The summed E-state index contributed by atoms with van der Waals surface area (Å²) in [7, 11) is 0. The molecule has 0 aliphatic carbocycles. The molecule has 0 spiro atoms. The molecule has 0 fully saturated rings. The summed E-state index contributed by atoms with van der Waals surface area (Å²) in [5.74, 6) is 1.91. The fourth-order valence-electron chi connectivity index (χ4n) is 2.08. The Hall–Kier alpha value is -0.470. The van der Waals surface area contributed by atoms with Gasteiger partial charge in [0.2, 0.25) is 0 Å². The average Bonchev–Trinajstić information content (AvgIpc) is 2.20. The predicted molar refractivity (Wildman–Crippen MR) is 73.4 cm³/mol. The standard InChI is InChI=1S/C14H22OS/c1-5-16-9-13(15)8-14-11(3)6-10(2)7-12(14)4/h6-7,13,15H,5,8-9H2,1-4H3. The maximum absolute atomic E-state index is 9.93. The fourth-order valence-corrected chi connectivity index (χ4v) is 2.71. The van der Waals surface area contributed by atoms with Crippen molar-refractivity contribution in [3.8, 4) is 0 Å². The van der Waals surface area contributed by atoms with E-state index in [0.717, 1.165) is 17.9 Å². The van der Waals surface area contributed by atoms with Crippen molar-refractivity contribution < 1.29 is 5.11 Å². The minimum atomic E-state index is -0.218. The monoisotopic (exact) mass is 238 g/mol. The van der Waals surface area contributed by atoms with Gasteiger partial charge < -0.3 is 5.11 Å². The lowest BCUT2D eigenvalue weighted by atomic mass is 9.96. The van der Waals surface area contributed by atoms with E-state index in [1.54, 1.807) is 11.8 Å². The molecule has 1 nitrogen and oxygen atoms in total. The quantitative estimate of drug-likeness (QED) is 0.849.